The molecule has 0 bridgehead atoms. The van der Waals surface area contributed by atoms with Crippen molar-refractivity contribution in [1.82, 2.24) is 5.32 Å². The van der Waals surface area contributed by atoms with E-state index in [0.717, 1.165) is 0 Å². The third-order valence-corrected chi connectivity index (χ3v) is 3.55. The summed E-state index contributed by atoms with van der Waals surface area (Å²) in [7, 11) is -2.49. The lowest BCUT2D eigenvalue weighted by molar-refractivity contribution is 0.459. The van der Waals surface area contributed by atoms with Crippen molar-refractivity contribution in [1.29, 1.82) is 0 Å². The van der Waals surface area contributed by atoms with Gasteiger partial charge in [-0.05, 0) is 20.0 Å². The Kier molecular flexibility index (Phi) is 5.12. The van der Waals surface area contributed by atoms with Crippen LogP contribution in [0.2, 0.25) is 0 Å². The van der Waals surface area contributed by atoms with Gasteiger partial charge >= 0.3 is 0 Å². The molecule has 1 rings (SSSR count). The summed E-state index contributed by atoms with van der Waals surface area (Å²) in [6.45, 7) is 0.364. The smallest absolute Gasteiger partial charge is 0.232 e. The van der Waals surface area contributed by atoms with Gasteiger partial charge in [0.15, 0.2) is 23.3 Å². The maximum absolute atomic E-state index is 13.2. The van der Waals surface area contributed by atoms with Crippen LogP contribution in [0.1, 0.15) is 6.42 Å². The first-order valence-electron chi connectivity index (χ1n) is 5.26. The summed E-state index contributed by atoms with van der Waals surface area (Å²) in [6.07, 6.45) is 0.173. The zero-order valence-corrected chi connectivity index (χ0v) is 10.8. The summed E-state index contributed by atoms with van der Waals surface area (Å²) in [5.74, 6) is -7.35. The highest BCUT2D eigenvalue weighted by molar-refractivity contribution is 7.92. The summed E-state index contributed by atoms with van der Waals surface area (Å²) in [5, 5.41) is 2.68. The van der Waals surface area contributed by atoms with Gasteiger partial charge in [0.25, 0.3) is 0 Å². The Morgan fingerprint density at radius 3 is 2.11 bits per heavy atom. The molecule has 0 atom stereocenters. The van der Waals surface area contributed by atoms with Gasteiger partial charge in [0.2, 0.25) is 10.0 Å². The van der Waals surface area contributed by atoms with Gasteiger partial charge in [0, 0.05) is 6.07 Å². The Morgan fingerprint density at radius 2 is 1.63 bits per heavy atom. The molecule has 2 N–H and O–H groups in total. The minimum Gasteiger partial charge on any atom is -0.320 e. The van der Waals surface area contributed by atoms with Gasteiger partial charge in [-0.3, -0.25) is 4.72 Å². The van der Waals surface area contributed by atoms with Gasteiger partial charge < -0.3 is 5.32 Å². The predicted octanol–water partition coefficient (Wildman–Crippen LogP) is 1.59. The van der Waals surface area contributed by atoms with Crippen LogP contribution in [0.15, 0.2) is 6.07 Å². The summed E-state index contributed by atoms with van der Waals surface area (Å²) >= 11 is 0. The van der Waals surface area contributed by atoms with Crippen LogP contribution in [0.4, 0.5) is 23.2 Å². The molecule has 0 unspecified atom stereocenters. The SMILES string of the molecule is CNCCCS(=O)(=O)Nc1c(F)c(F)cc(F)c1F. The number of sulfonamides is 1. The van der Waals surface area contributed by atoms with Crippen LogP contribution in [-0.2, 0) is 10.0 Å². The highest BCUT2D eigenvalue weighted by Gasteiger charge is 2.23. The van der Waals surface area contributed by atoms with E-state index in [1.165, 1.54) is 4.72 Å². The van der Waals surface area contributed by atoms with E-state index in [1.807, 2.05) is 0 Å². The lowest BCUT2D eigenvalue weighted by Crippen LogP contribution is -2.22. The molecule has 0 saturated carbocycles. The topological polar surface area (TPSA) is 58.2 Å². The van der Waals surface area contributed by atoms with Crippen LogP contribution in [0, 0.1) is 23.3 Å². The average molecular weight is 300 g/mol. The van der Waals surface area contributed by atoms with E-state index in [0.29, 0.717) is 6.54 Å². The Bertz CT molecular complexity index is 537. The molecule has 0 fully saturated rings. The maximum Gasteiger partial charge on any atom is 0.232 e. The van der Waals surface area contributed by atoms with E-state index >= 15 is 0 Å². The highest BCUT2D eigenvalue weighted by atomic mass is 32.2. The molecule has 0 aliphatic carbocycles. The normalized spacial score (nSPS) is 11.6. The molecule has 0 aliphatic rings. The van der Waals surface area contributed by atoms with E-state index in [1.54, 1.807) is 7.05 Å². The fraction of sp³-hybridized carbons (Fsp3) is 0.400. The second kappa shape index (κ2) is 6.20. The van der Waals surface area contributed by atoms with Crippen molar-refractivity contribution in [3.63, 3.8) is 0 Å². The van der Waals surface area contributed by atoms with Crippen molar-refractivity contribution in [3.8, 4) is 0 Å². The van der Waals surface area contributed by atoms with Gasteiger partial charge in [0.05, 0.1) is 5.75 Å². The lowest BCUT2D eigenvalue weighted by atomic mass is 10.3. The number of halogens is 4. The minimum absolute atomic E-state index is 0.00344. The minimum atomic E-state index is -4.09. The van der Waals surface area contributed by atoms with Gasteiger partial charge in [-0.25, -0.2) is 26.0 Å². The average Bonchev–Trinajstić information content (AvgIpc) is 2.32. The van der Waals surface area contributed by atoms with E-state index in [2.05, 4.69) is 5.32 Å². The first-order valence-corrected chi connectivity index (χ1v) is 6.92. The largest absolute Gasteiger partial charge is 0.320 e. The molecule has 0 aromatic heterocycles. The van der Waals surface area contributed by atoms with E-state index in [9.17, 15) is 26.0 Å². The fourth-order valence-corrected chi connectivity index (χ4v) is 2.42. The first kappa shape index (κ1) is 15.7. The van der Waals surface area contributed by atoms with Gasteiger partial charge in [-0.1, -0.05) is 0 Å². The van der Waals surface area contributed by atoms with Crippen LogP contribution >= 0.6 is 0 Å². The molecule has 19 heavy (non-hydrogen) atoms. The van der Waals surface area contributed by atoms with Crippen LogP contribution in [0.5, 0.6) is 0 Å². The standard InChI is InChI=1S/C10H12F4N2O2S/c1-15-3-2-4-19(17,18)16-10-8(13)6(11)5-7(12)9(10)14/h5,15-16H,2-4H2,1H3. The van der Waals surface area contributed by atoms with Crippen molar-refractivity contribution < 1.29 is 26.0 Å². The molecular weight excluding hydrogens is 288 g/mol. The summed E-state index contributed by atoms with van der Waals surface area (Å²) < 4.78 is 76.7. The molecule has 0 aliphatic heterocycles. The van der Waals surface area contributed by atoms with Gasteiger partial charge in [0.1, 0.15) is 5.69 Å². The fourth-order valence-electron chi connectivity index (χ4n) is 1.31. The Balaban J connectivity index is 2.99. The van der Waals surface area contributed by atoms with Gasteiger partial charge in [-0.2, -0.15) is 0 Å². The number of hydrogen-bond donors (Lipinski definition) is 2. The second-order valence-electron chi connectivity index (χ2n) is 3.72. The number of hydrogen-bond acceptors (Lipinski definition) is 3. The molecule has 1 aromatic rings. The summed E-state index contributed by atoms with van der Waals surface area (Å²) in [5.41, 5.74) is -1.35. The van der Waals surface area contributed by atoms with Crippen LogP contribution < -0.4 is 10.0 Å². The molecule has 0 amide bonds. The van der Waals surface area contributed by atoms with Crippen molar-refractivity contribution in [2.75, 3.05) is 24.1 Å². The quantitative estimate of drug-likeness (QED) is 0.476. The van der Waals surface area contributed by atoms with Crippen molar-refractivity contribution in [3.05, 3.63) is 29.3 Å². The molecule has 4 nitrogen and oxygen atoms in total. The van der Waals surface area contributed by atoms with Crippen molar-refractivity contribution >= 4 is 15.7 Å². The lowest BCUT2D eigenvalue weighted by Gasteiger charge is -2.10. The molecule has 0 spiro atoms. The number of anilines is 1. The summed E-state index contributed by atoms with van der Waals surface area (Å²) in [4.78, 5) is 0. The third-order valence-electron chi connectivity index (χ3n) is 2.21. The molecule has 9 heteroatoms. The van der Waals surface area contributed by atoms with Crippen LogP contribution in [0.3, 0.4) is 0 Å². The zero-order valence-electron chi connectivity index (χ0n) is 9.94. The molecular formula is C10H12F4N2O2S. The Labute approximate surface area is 107 Å². The van der Waals surface area contributed by atoms with Crippen molar-refractivity contribution in [2.24, 2.45) is 0 Å². The molecule has 1 aromatic carbocycles. The number of benzene rings is 1. The Morgan fingerprint density at radius 1 is 1.11 bits per heavy atom. The van der Waals surface area contributed by atoms with Crippen molar-refractivity contribution in [2.45, 2.75) is 6.42 Å². The monoisotopic (exact) mass is 300 g/mol. The third kappa shape index (κ3) is 4.06. The second-order valence-corrected chi connectivity index (χ2v) is 5.56. The molecule has 0 heterocycles. The summed E-state index contributed by atoms with van der Waals surface area (Å²) in [6, 6.07) is 0.00344. The molecule has 0 radical (unpaired) electrons. The molecule has 0 saturated heterocycles. The molecule has 108 valence electrons. The van der Waals surface area contributed by atoms with E-state index in [-0.39, 0.29) is 12.5 Å². The van der Waals surface area contributed by atoms with Crippen LogP contribution in [-0.4, -0.2) is 27.8 Å². The van der Waals surface area contributed by atoms with E-state index in [4.69, 9.17) is 0 Å². The van der Waals surface area contributed by atoms with Gasteiger partial charge in [-0.15, -0.1) is 0 Å². The van der Waals surface area contributed by atoms with Crippen LogP contribution in [0.25, 0.3) is 0 Å². The number of rotatable bonds is 6. The zero-order chi connectivity index (χ0) is 14.6. The predicted molar refractivity (Wildman–Crippen MR) is 62.2 cm³/mol. The highest BCUT2D eigenvalue weighted by Crippen LogP contribution is 2.25. The maximum atomic E-state index is 13.2. The Hall–Kier alpha value is -1.35. The first-order chi connectivity index (χ1) is 8.78. The number of nitrogens with one attached hydrogen (secondary N) is 2. The van der Waals surface area contributed by atoms with E-state index < -0.39 is 44.7 Å².